The molecule has 0 bridgehead atoms. The molecule has 2 atom stereocenters. The van der Waals surface area contributed by atoms with Gasteiger partial charge in [0.25, 0.3) is 0 Å². The molecule has 0 unspecified atom stereocenters. The van der Waals surface area contributed by atoms with E-state index in [1.54, 1.807) is 0 Å². The lowest BCUT2D eigenvalue weighted by Crippen LogP contribution is -2.73. The van der Waals surface area contributed by atoms with E-state index >= 15 is 0 Å². The third-order valence-corrected chi connectivity index (χ3v) is 5.68. The zero-order valence-electron chi connectivity index (χ0n) is 14.8. The first kappa shape index (κ1) is 16.1. The second-order valence-corrected chi connectivity index (χ2v) is 8.20. The molecule has 4 rings (SSSR count). The van der Waals surface area contributed by atoms with Crippen molar-refractivity contribution in [3.63, 3.8) is 0 Å². The first-order chi connectivity index (χ1) is 11.8. The first-order valence-corrected chi connectivity index (χ1v) is 8.81. The average Bonchev–Trinajstić information content (AvgIpc) is 3.01. The van der Waals surface area contributed by atoms with Gasteiger partial charge in [0.05, 0.1) is 6.04 Å². The minimum absolute atomic E-state index is 0.201. The van der Waals surface area contributed by atoms with Gasteiger partial charge in [-0.25, -0.2) is 4.79 Å². The Morgan fingerprint density at radius 3 is 2.60 bits per heavy atom. The van der Waals surface area contributed by atoms with Crippen LogP contribution in [0, 0.1) is 5.41 Å². The van der Waals surface area contributed by atoms with Crippen LogP contribution in [0.1, 0.15) is 39.2 Å². The van der Waals surface area contributed by atoms with Crippen LogP contribution >= 0.6 is 0 Å². The summed E-state index contributed by atoms with van der Waals surface area (Å²) in [6, 6.07) is 7.13. The van der Waals surface area contributed by atoms with Crippen LogP contribution < -0.4 is 10.2 Å². The molecule has 3 heterocycles. The fourth-order valence-corrected chi connectivity index (χ4v) is 4.64. The summed E-state index contributed by atoms with van der Waals surface area (Å²) in [6.45, 7) is 6.28. The number of hydrogen-bond acceptors (Lipinski definition) is 4. The van der Waals surface area contributed by atoms with Gasteiger partial charge in [0.2, 0.25) is 11.8 Å². The van der Waals surface area contributed by atoms with Gasteiger partial charge in [0.15, 0.2) is 5.41 Å². The molecule has 1 N–H and O–H groups in total. The van der Waals surface area contributed by atoms with Crippen molar-refractivity contribution >= 4 is 23.5 Å². The highest BCUT2D eigenvalue weighted by atomic mass is 16.2. The molecule has 1 aromatic rings. The van der Waals surface area contributed by atoms with Crippen LogP contribution in [0.15, 0.2) is 24.3 Å². The number of urea groups is 1. The molecule has 0 aliphatic carbocycles. The fraction of sp³-hybridized carbons (Fsp3) is 0.526. The summed E-state index contributed by atoms with van der Waals surface area (Å²) in [5, 5.41) is 2.47. The van der Waals surface area contributed by atoms with Crippen molar-refractivity contribution in [1.29, 1.82) is 0 Å². The largest absolute Gasteiger partial charge is 0.367 e. The van der Waals surface area contributed by atoms with Gasteiger partial charge in [-0.3, -0.25) is 19.8 Å². The Hall–Kier alpha value is -2.37. The first-order valence-electron chi connectivity index (χ1n) is 8.81. The summed E-state index contributed by atoms with van der Waals surface area (Å²) in [6.07, 6.45) is 2.05. The molecule has 4 amide bonds. The normalized spacial score (nSPS) is 28.9. The van der Waals surface area contributed by atoms with Crippen molar-refractivity contribution in [2.45, 2.75) is 51.6 Å². The number of fused-ring (bicyclic) bond motifs is 4. The minimum atomic E-state index is -1.23. The second-order valence-electron chi connectivity index (χ2n) is 8.20. The van der Waals surface area contributed by atoms with Crippen molar-refractivity contribution in [2.24, 2.45) is 5.41 Å². The summed E-state index contributed by atoms with van der Waals surface area (Å²) < 4.78 is 0. The number of carbonyl (C=O) groups excluding carboxylic acids is 3. The number of hydrogen-bond donors (Lipinski definition) is 1. The summed E-state index contributed by atoms with van der Waals surface area (Å²) in [5.41, 5.74) is 0.184. The Morgan fingerprint density at radius 2 is 1.88 bits per heavy atom. The van der Waals surface area contributed by atoms with Gasteiger partial charge in [0.1, 0.15) is 0 Å². The van der Waals surface area contributed by atoms with Gasteiger partial charge in [0, 0.05) is 17.8 Å². The van der Waals surface area contributed by atoms with E-state index in [4.69, 9.17) is 0 Å². The van der Waals surface area contributed by atoms with E-state index in [0.717, 1.165) is 30.6 Å². The topological polar surface area (TPSA) is 69.7 Å². The highest BCUT2D eigenvalue weighted by Gasteiger charge is 2.63. The van der Waals surface area contributed by atoms with Crippen molar-refractivity contribution in [1.82, 2.24) is 10.2 Å². The number of nitrogens with one attached hydrogen (secondary N) is 1. The molecular weight excluding hydrogens is 318 g/mol. The lowest BCUT2D eigenvalue weighted by molar-refractivity contribution is -0.156. The van der Waals surface area contributed by atoms with Gasteiger partial charge in [-0.05, 0) is 51.7 Å². The van der Waals surface area contributed by atoms with Crippen LogP contribution in [0.4, 0.5) is 10.5 Å². The van der Waals surface area contributed by atoms with Crippen LogP contribution in [-0.4, -0.2) is 40.9 Å². The molecule has 2 saturated heterocycles. The highest BCUT2D eigenvalue weighted by molar-refractivity contribution is 6.20. The third kappa shape index (κ3) is 2.06. The average molecular weight is 341 g/mol. The number of carbonyl (C=O) groups is 3. The van der Waals surface area contributed by atoms with E-state index in [1.165, 1.54) is 4.90 Å². The van der Waals surface area contributed by atoms with E-state index in [-0.39, 0.29) is 11.9 Å². The van der Waals surface area contributed by atoms with Crippen LogP contribution in [0.5, 0.6) is 0 Å². The number of imide groups is 2. The predicted octanol–water partition coefficient (Wildman–Crippen LogP) is 2.07. The molecule has 0 radical (unpaired) electrons. The number of nitrogens with zero attached hydrogens (tertiary/aromatic N) is 2. The molecule has 2 fully saturated rings. The monoisotopic (exact) mass is 341 g/mol. The maximum Gasteiger partial charge on any atom is 0.331 e. The van der Waals surface area contributed by atoms with E-state index < -0.39 is 22.9 Å². The van der Waals surface area contributed by atoms with Crippen molar-refractivity contribution < 1.29 is 14.4 Å². The summed E-state index contributed by atoms with van der Waals surface area (Å²) in [5.74, 6) is -0.811. The molecule has 132 valence electrons. The Balaban J connectivity index is 1.89. The molecule has 3 aliphatic rings. The van der Waals surface area contributed by atoms with E-state index in [0.29, 0.717) is 6.42 Å². The Bertz CT molecular complexity index is 782. The van der Waals surface area contributed by atoms with E-state index in [9.17, 15) is 14.4 Å². The van der Waals surface area contributed by atoms with Crippen molar-refractivity contribution in [3.8, 4) is 0 Å². The van der Waals surface area contributed by atoms with Crippen molar-refractivity contribution in [2.75, 3.05) is 11.4 Å². The zero-order chi connectivity index (χ0) is 18.0. The molecule has 25 heavy (non-hydrogen) atoms. The smallest absolute Gasteiger partial charge is 0.331 e. The Morgan fingerprint density at radius 1 is 1.16 bits per heavy atom. The number of benzene rings is 1. The maximum atomic E-state index is 13.5. The van der Waals surface area contributed by atoms with Gasteiger partial charge in [-0.15, -0.1) is 0 Å². The molecule has 6 nitrogen and oxygen atoms in total. The quantitative estimate of drug-likeness (QED) is 0.734. The van der Waals surface area contributed by atoms with Crippen LogP contribution in [-0.2, 0) is 16.0 Å². The number of anilines is 1. The van der Waals surface area contributed by atoms with Gasteiger partial charge >= 0.3 is 6.03 Å². The molecule has 0 saturated carbocycles. The molecule has 0 aromatic heterocycles. The van der Waals surface area contributed by atoms with Gasteiger partial charge in [-0.1, -0.05) is 18.2 Å². The van der Waals surface area contributed by atoms with Crippen LogP contribution in [0.3, 0.4) is 0 Å². The molecule has 3 aliphatic heterocycles. The van der Waals surface area contributed by atoms with Gasteiger partial charge in [-0.2, -0.15) is 0 Å². The maximum absolute atomic E-state index is 13.5. The number of para-hydroxylation sites is 1. The summed E-state index contributed by atoms with van der Waals surface area (Å²) in [4.78, 5) is 42.4. The lowest BCUT2D eigenvalue weighted by atomic mass is 9.68. The summed E-state index contributed by atoms with van der Waals surface area (Å²) >= 11 is 0. The minimum Gasteiger partial charge on any atom is -0.367 e. The molecule has 1 aromatic carbocycles. The number of amides is 4. The standard InChI is InChI=1S/C19H23N3O3/c1-18(2,3)22-16(24)19(15(23)20-17(22)25)11-12-7-4-5-8-13(12)21-10-6-9-14(19)21/h4-5,7-8,14H,6,9-11H2,1-3H3,(H,20,23,25)/t14-,19-/m1/s1. The Kier molecular flexibility index (Phi) is 3.27. The highest BCUT2D eigenvalue weighted by Crippen LogP contribution is 2.48. The zero-order valence-corrected chi connectivity index (χ0v) is 14.8. The molecule has 6 heteroatoms. The van der Waals surface area contributed by atoms with Crippen molar-refractivity contribution in [3.05, 3.63) is 29.8 Å². The lowest BCUT2D eigenvalue weighted by Gasteiger charge is -2.51. The second kappa shape index (κ2) is 5.07. The SMILES string of the molecule is CC(C)(C)N1C(=O)NC(=O)[C@]2(Cc3ccccc3N3CCC[C@@H]32)C1=O. The number of barbiturate groups is 1. The van der Waals surface area contributed by atoms with E-state index in [1.807, 2.05) is 39.0 Å². The Labute approximate surface area is 147 Å². The van der Waals surface area contributed by atoms with E-state index in [2.05, 4.69) is 16.3 Å². The molecule has 1 spiro atoms. The summed E-state index contributed by atoms with van der Waals surface area (Å²) in [7, 11) is 0. The van der Waals surface area contributed by atoms with Gasteiger partial charge < -0.3 is 4.90 Å². The fourth-order valence-electron chi connectivity index (χ4n) is 4.64. The number of rotatable bonds is 0. The molecular formula is C19H23N3O3. The van der Waals surface area contributed by atoms with Crippen LogP contribution in [0.25, 0.3) is 0 Å². The third-order valence-electron chi connectivity index (χ3n) is 5.68. The predicted molar refractivity (Wildman–Crippen MR) is 93.1 cm³/mol. The van der Waals surface area contributed by atoms with Crippen LogP contribution in [0.2, 0.25) is 0 Å².